The Morgan fingerprint density at radius 3 is 2.90 bits per heavy atom. The minimum Gasteiger partial charge on any atom is -0.543 e. The molecule has 204 valence electrons. The molecule has 2 aliphatic rings. The van der Waals surface area contributed by atoms with Crippen LogP contribution in [0.25, 0.3) is 5.65 Å². The normalized spacial score (nSPS) is 19.1. The van der Waals surface area contributed by atoms with Gasteiger partial charge in [0.1, 0.15) is 30.4 Å². The van der Waals surface area contributed by atoms with Gasteiger partial charge in [-0.3, -0.25) is 19.1 Å². The first-order chi connectivity index (χ1) is 18.8. The second-order valence-corrected chi connectivity index (χ2v) is 10.6. The van der Waals surface area contributed by atoms with E-state index in [1.807, 2.05) is 39.6 Å². The van der Waals surface area contributed by atoms with Gasteiger partial charge in [-0.05, 0) is 11.6 Å². The molecule has 0 radical (unpaired) electrons. The third-order valence-corrected chi connectivity index (χ3v) is 8.21. The summed E-state index contributed by atoms with van der Waals surface area (Å²) in [6.45, 7) is 1.31. The number of hydrogen-bond acceptors (Lipinski definition) is 12. The van der Waals surface area contributed by atoms with Crippen LogP contribution in [0.4, 0.5) is 10.9 Å². The fourth-order valence-electron chi connectivity index (χ4n) is 4.50. The lowest BCUT2D eigenvalue weighted by Crippen LogP contribution is -2.71. The van der Waals surface area contributed by atoms with Gasteiger partial charge in [-0.25, -0.2) is 9.38 Å². The summed E-state index contributed by atoms with van der Waals surface area (Å²) in [6, 6.07) is 4.74. The Balaban J connectivity index is 1.36. The van der Waals surface area contributed by atoms with Gasteiger partial charge in [0, 0.05) is 29.8 Å². The van der Waals surface area contributed by atoms with Crippen molar-refractivity contribution in [1.82, 2.24) is 19.8 Å². The maximum Gasteiger partial charge on any atom is 0.276 e. The molecule has 3 aromatic heterocycles. The zero-order valence-corrected chi connectivity index (χ0v) is 22.3. The number of nitrogen functional groups attached to an aromatic ring is 1. The molecule has 0 aliphatic carbocycles. The number of rotatable bonds is 10. The zero-order chi connectivity index (χ0) is 27.7. The second-order valence-electron chi connectivity index (χ2n) is 8.57. The number of aliphatic carboxylic acids is 1. The highest BCUT2D eigenvalue weighted by Crippen LogP contribution is 2.40. The van der Waals surface area contributed by atoms with Gasteiger partial charge in [0.05, 0.1) is 31.0 Å². The van der Waals surface area contributed by atoms with Crippen molar-refractivity contribution in [2.24, 2.45) is 10.9 Å². The summed E-state index contributed by atoms with van der Waals surface area (Å²) in [5, 5.41) is 23.0. The van der Waals surface area contributed by atoms with E-state index in [0.717, 1.165) is 22.8 Å². The number of nitrogens with two attached hydrogens (primary N) is 2. The van der Waals surface area contributed by atoms with Crippen LogP contribution in [0.3, 0.4) is 0 Å². The molecule has 1 fully saturated rings. The number of β-lactam (4-membered cyclic amide) rings is 1. The van der Waals surface area contributed by atoms with Crippen LogP contribution in [0.15, 0.2) is 52.4 Å². The van der Waals surface area contributed by atoms with Crippen molar-refractivity contribution < 1.29 is 28.7 Å². The number of hydrogen-bond donors (Lipinski definition) is 4. The Morgan fingerprint density at radius 1 is 1.38 bits per heavy atom. The van der Waals surface area contributed by atoms with Gasteiger partial charge in [0.2, 0.25) is 11.5 Å². The maximum atomic E-state index is 13.1. The summed E-state index contributed by atoms with van der Waals surface area (Å²) in [5.41, 5.74) is 12.5. The van der Waals surface area contributed by atoms with Crippen molar-refractivity contribution in [3.8, 4) is 0 Å². The van der Waals surface area contributed by atoms with Crippen LogP contribution in [0, 0.1) is 0 Å². The standard InChI is InChI=1S/C23H25N9O5S2/c1-37-29-16(13-11-39-23(25)27-13)19(33)28-17-20(34)32-18(22(35)36)12(10-38-21(17)32)9-30-7-8-31-14(26-6-5-24)3-2-4-15(30)31/h2-4,7-8,11,17,21H,5-6,9-10,24H2,1H3,(H4,25,27,28,33,35,36)/b29-16-/t17-,21+/m1/s1. The van der Waals surface area contributed by atoms with Gasteiger partial charge in [0.25, 0.3) is 11.8 Å². The van der Waals surface area contributed by atoms with E-state index in [1.54, 1.807) is 5.38 Å². The minimum atomic E-state index is -1.46. The van der Waals surface area contributed by atoms with E-state index in [9.17, 15) is 19.5 Å². The van der Waals surface area contributed by atoms with Crippen LogP contribution in [0.1, 0.15) is 5.69 Å². The van der Waals surface area contributed by atoms with Gasteiger partial charge >= 0.3 is 0 Å². The van der Waals surface area contributed by atoms with Crippen molar-refractivity contribution in [3.05, 3.63) is 52.9 Å². The number of nitrogens with one attached hydrogen (secondary N) is 2. The first kappa shape index (κ1) is 26.5. The summed E-state index contributed by atoms with van der Waals surface area (Å²) in [7, 11) is 1.28. The molecule has 6 N–H and O–H groups in total. The molecule has 0 saturated carbocycles. The fourth-order valence-corrected chi connectivity index (χ4v) is 6.39. The molecule has 0 bridgehead atoms. The molecule has 2 amide bonds. The van der Waals surface area contributed by atoms with Crippen molar-refractivity contribution in [1.29, 1.82) is 0 Å². The van der Waals surface area contributed by atoms with Gasteiger partial charge in [-0.1, -0.05) is 5.16 Å². The lowest BCUT2D eigenvalue weighted by atomic mass is 10.0. The molecule has 0 aromatic carbocycles. The largest absolute Gasteiger partial charge is 0.543 e. The van der Waals surface area contributed by atoms with E-state index in [1.165, 1.54) is 23.8 Å². The van der Waals surface area contributed by atoms with E-state index in [0.29, 0.717) is 24.4 Å². The molecule has 0 spiro atoms. The van der Waals surface area contributed by atoms with Crippen molar-refractivity contribution >= 4 is 63.2 Å². The summed E-state index contributed by atoms with van der Waals surface area (Å²) in [6.07, 6.45) is 3.70. The van der Waals surface area contributed by atoms with Crippen LogP contribution in [-0.2, 0) is 25.8 Å². The van der Waals surface area contributed by atoms with E-state index >= 15 is 0 Å². The van der Waals surface area contributed by atoms with Crippen molar-refractivity contribution in [3.63, 3.8) is 0 Å². The number of pyridine rings is 1. The smallest absolute Gasteiger partial charge is 0.276 e. The predicted octanol–water partition coefficient (Wildman–Crippen LogP) is -1.91. The number of carboxylic acids is 1. The highest BCUT2D eigenvalue weighted by atomic mass is 32.2. The highest BCUT2D eigenvalue weighted by Gasteiger charge is 2.53. The number of thiazole rings is 1. The number of amides is 2. The van der Waals surface area contributed by atoms with Crippen LogP contribution < -0.4 is 31.6 Å². The Hall–Kier alpha value is -4.15. The predicted molar refractivity (Wildman–Crippen MR) is 142 cm³/mol. The molecule has 3 aromatic rings. The molecular weight excluding hydrogens is 546 g/mol. The molecule has 16 heteroatoms. The second kappa shape index (κ2) is 10.9. The molecule has 39 heavy (non-hydrogen) atoms. The lowest BCUT2D eigenvalue weighted by Gasteiger charge is -2.50. The average Bonchev–Trinajstić information content (AvgIpc) is 3.54. The molecule has 1 saturated heterocycles. The SMILES string of the molecule is CO/N=C(\C(=O)N[C@@H]1C(=O)N2C(C(=O)[O-])=C(Cn3cc[n+]4c(NCCN)cccc34)CS[C@@H]12)c1csc(N)n1. The topological polar surface area (TPSA) is 197 Å². The number of nitrogens with zero attached hydrogens (tertiary/aromatic N) is 5. The van der Waals surface area contributed by atoms with E-state index in [2.05, 4.69) is 20.8 Å². The third kappa shape index (κ3) is 4.88. The number of anilines is 2. The summed E-state index contributed by atoms with van der Waals surface area (Å²) >= 11 is 2.48. The molecule has 5 heterocycles. The minimum absolute atomic E-state index is 0.147. The summed E-state index contributed by atoms with van der Waals surface area (Å²) in [5.74, 6) is -1.55. The summed E-state index contributed by atoms with van der Waals surface area (Å²) in [4.78, 5) is 48.3. The van der Waals surface area contributed by atoms with Crippen molar-refractivity contribution in [2.45, 2.75) is 18.0 Å². The third-order valence-electron chi connectivity index (χ3n) is 6.20. The number of carbonyl (C=O) groups is 3. The Labute approximate surface area is 230 Å². The number of imidazole rings is 1. The van der Waals surface area contributed by atoms with Crippen LogP contribution in [0.5, 0.6) is 0 Å². The van der Waals surface area contributed by atoms with Crippen LogP contribution in [0.2, 0.25) is 0 Å². The van der Waals surface area contributed by atoms with Crippen LogP contribution in [-0.4, -0.2) is 75.3 Å². The number of carbonyl (C=O) groups excluding carboxylic acids is 3. The Bertz CT molecular complexity index is 1510. The van der Waals surface area contributed by atoms with E-state index < -0.39 is 29.2 Å². The quantitative estimate of drug-likeness (QED) is 0.0922. The lowest BCUT2D eigenvalue weighted by molar-refractivity contribution is -0.494. The summed E-state index contributed by atoms with van der Waals surface area (Å²) < 4.78 is 3.83. The first-order valence-corrected chi connectivity index (χ1v) is 13.7. The van der Waals surface area contributed by atoms with Crippen LogP contribution >= 0.6 is 23.1 Å². The Kier molecular flexibility index (Phi) is 7.40. The molecule has 5 rings (SSSR count). The molecule has 2 atom stereocenters. The van der Waals surface area contributed by atoms with E-state index in [-0.39, 0.29) is 28.8 Å². The first-order valence-electron chi connectivity index (χ1n) is 11.8. The number of carboxylic acid groups (broad SMARTS) is 1. The number of oxime groups is 1. The molecular formula is C23H25N9O5S2. The number of aromatic nitrogens is 3. The molecule has 0 unspecified atom stereocenters. The van der Waals surface area contributed by atoms with Gasteiger partial charge in [-0.2, -0.15) is 0 Å². The van der Waals surface area contributed by atoms with Gasteiger partial charge in [-0.15, -0.1) is 23.1 Å². The molecule has 14 nitrogen and oxygen atoms in total. The van der Waals surface area contributed by atoms with E-state index in [4.69, 9.17) is 16.3 Å². The monoisotopic (exact) mass is 571 g/mol. The number of fused-ring (bicyclic) bond motifs is 2. The van der Waals surface area contributed by atoms with Gasteiger partial charge < -0.3 is 36.8 Å². The average molecular weight is 572 g/mol. The number of thioether (sulfide) groups is 1. The zero-order valence-electron chi connectivity index (χ0n) is 20.7. The highest BCUT2D eigenvalue weighted by molar-refractivity contribution is 8.00. The maximum absolute atomic E-state index is 13.1. The van der Waals surface area contributed by atoms with Gasteiger partial charge in [0.15, 0.2) is 10.8 Å². The Morgan fingerprint density at radius 2 is 2.21 bits per heavy atom. The molecule has 2 aliphatic heterocycles. The van der Waals surface area contributed by atoms with Crippen molar-refractivity contribution in [2.75, 3.05) is 37.0 Å². The fraction of sp³-hybridized carbons (Fsp3) is 0.304.